The third-order valence-corrected chi connectivity index (χ3v) is 6.20. The summed E-state index contributed by atoms with van der Waals surface area (Å²) in [7, 11) is 1.59. The molecule has 2 aromatic rings. The van der Waals surface area contributed by atoms with E-state index in [4.69, 9.17) is 4.99 Å². The zero-order valence-electron chi connectivity index (χ0n) is 18.7. The number of amides is 3. The van der Waals surface area contributed by atoms with Crippen molar-refractivity contribution >= 4 is 29.4 Å². The number of aliphatic hydroxyl groups excluding tert-OH is 1. The quantitative estimate of drug-likeness (QED) is 0.725. The summed E-state index contributed by atoms with van der Waals surface area (Å²) in [4.78, 5) is 35.7. The van der Waals surface area contributed by atoms with Crippen LogP contribution >= 0.6 is 0 Å². The van der Waals surface area contributed by atoms with Crippen molar-refractivity contribution in [2.24, 2.45) is 4.99 Å². The number of amidine groups is 1. The van der Waals surface area contributed by atoms with Crippen molar-refractivity contribution in [2.75, 3.05) is 25.0 Å². The van der Waals surface area contributed by atoms with Gasteiger partial charge in [0.2, 0.25) is 11.9 Å². The minimum atomic E-state index is -0.813. The number of aliphatic imine (C=N–C) groups is 1. The molecule has 1 N–H and O–H groups in total. The highest BCUT2D eigenvalue weighted by molar-refractivity contribution is 6.24. The van der Waals surface area contributed by atoms with Gasteiger partial charge in [-0.05, 0) is 54.8 Å². The van der Waals surface area contributed by atoms with E-state index in [-0.39, 0.29) is 18.9 Å². The molecular weight excluding hydrogens is 425 g/mol. The minimum Gasteiger partial charge on any atom is -0.386 e. The second-order valence-electron chi connectivity index (χ2n) is 8.83. The van der Waals surface area contributed by atoms with Crippen LogP contribution in [-0.2, 0) is 11.3 Å². The van der Waals surface area contributed by atoms with E-state index in [0.717, 1.165) is 21.7 Å². The van der Waals surface area contributed by atoms with Crippen molar-refractivity contribution in [1.29, 1.82) is 0 Å². The lowest BCUT2D eigenvalue weighted by atomic mass is 10.1. The fourth-order valence-corrected chi connectivity index (χ4v) is 4.73. The summed E-state index contributed by atoms with van der Waals surface area (Å²) in [6, 6.07) is 10.5. The van der Waals surface area contributed by atoms with Gasteiger partial charge in [-0.3, -0.25) is 14.6 Å². The summed E-state index contributed by atoms with van der Waals surface area (Å²) in [5.41, 5.74) is 3.67. The fraction of sp³-hybridized carbons (Fsp3) is 0.333. The number of fused-ring (bicyclic) bond motifs is 2. The Hall–Kier alpha value is -3.59. The molecule has 33 heavy (non-hydrogen) atoms. The SMILES string of the molecule is Cc1cc(C)cc(N2CC(O)C[N+]3=C2N=C2C3C(=O)N(Cc3ccc(F)cc3)C(=O)N2C)c1. The number of urea groups is 1. The number of carbonyl (C=O) groups is 2. The van der Waals surface area contributed by atoms with Gasteiger partial charge in [0, 0.05) is 7.05 Å². The number of rotatable bonds is 3. The van der Waals surface area contributed by atoms with E-state index in [2.05, 4.69) is 6.07 Å². The third kappa shape index (κ3) is 3.58. The number of likely N-dealkylation sites (N-methyl/N-ethyl adjacent to an activating group) is 1. The number of halogens is 1. The van der Waals surface area contributed by atoms with Crippen molar-refractivity contribution in [1.82, 2.24) is 9.80 Å². The molecule has 0 aromatic heterocycles. The molecule has 3 aliphatic heterocycles. The molecule has 3 amide bonds. The van der Waals surface area contributed by atoms with Gasteiger partial charge in [0.15, 0.2) is 0 Å². The summed E-state index contributed by atoms with van der Waals surface area (Å²) in [6.45, 7) is 4.60. The molecular formula is C24H25FN5O3+. The predicted octanol–water partition coefficient (Wildman–Crippen LogP) is 1.87. The van der Waals surface area contributed by atoms with E-state index in [9.17, 15) is 19.1 Å². The molecule has 5 rings (SSSR count). The predicted molar refractivity (Wildman–Crippen MR) is 121 cm³/mol. The molecule has 0 aliphatic carbocycles. The molecule has 0 spiro atoms. The second-order valence-corrected chi connectivity index (χ2v) is 8.83. The Morgan fingerprint density at radius 1 is 1.12 bits per heavy atom. The lowest BCUT2D eigenvalue weighted by Gasteiger charge is -2.35. The van der Waals surface area contributed by atoms with Crippen LogP contribution in [-0.4, -0.2) is 75.5 Å². The van der Waals surface area contributed by atoms with E-state index in [1.54, 1.807) is 23.8 Å². The van der Waals surface area contributed by atoms with Crippen molar-refractivity contribution in [3.8, 4) is 0 Å². The highest BCUT2D eigenvalue weighted by Gasteiger charge is 2.55. The Morgan fingerprint density at radius 3 is 2.45 bits per heavy atom. The summed E-state index contributed by atoms with van der Waals surface area (Å²) in [5, 5.41) is 10.7. The molecule has 3 aliphatic rings. The Labute approximate surface area is 190 Å². The van der Waals surface area contributed by atoms with Crippen LogP contribution in [0.15, 0.2) is 47.5 Å². The Morgan fingerprint density at radius 2 is 1.79 bits per heavy atom. The Bertz CT molecular complexity index is 1200. The topological polar surface area (TPSA) is 79.5 Å². The highest BCUT2D eigenvalue weighted by atomic mass is 19.1. The zero-order valence-corrected chi connectivity index (χ0v) is 18.7. The van der Waals surface area contributed by atoms with Crippen LogP contribution in [0.4, 0.5) is 14.9 Å². The van der Waals surface area contributed by atoms with Gasteiger partial charge in [0.1, 0.15) is 24.2 Å². The number of anilines is 1. The molecule has 2 aromatic carbocycles. The van der Waals surface area contributed by atoms with Gasteiger partial charge in [-0.25, -0.2) is 18.7 Å². The van der Waals surface area contributed by atoms with E-state index < -0.39 is 24.1 Å². The monoisotopic (exact) mass is 450 g/mol. The first-order valence-corrected chi connectivity index (χ1v) is 10.8. The van der Waals surface area contributed by atoms with Crippen LogP contribution in [0.2, 0.25) is 0 Å². The number of benzene rings is 2. The van der Waals surface area contributed by atoms with Crippen LogP contribution < -0.4 is 4.90 Å². The van der Waals surface area contributed by atoms with Gasteiger partial charge in [0.25, 0.3) is 5.91 Å². The largest absolute Gasteiger partial charge is 0.397 e. The van der Waals surface area contributed by atoms with Crippen molar-refractivity contribution < 1.29 is 23.7 Å². The number of β-amino-alcohol motifs (C(OH)–C–C–N with tert-alkyl or cyclic N) is 1. The zero-order chi connectivity index (χ0) is 23.4. The van der Waals surface area contributed by atoms with Gasteiger partial charge in [-0.15, -0.1) is 0 Å². The number of carbonyl (C=O) groups excluding carboxylic acids is 2. The number of aryl methyl sites for hydroxylation is 2. The fourth-order valence-electron chi connectivity index (χ4n) is 4.73. The number of imide groups is 1. The maximum Gasteiger partial charge on any atom is 0.397 e. The molecule has 1 fully saturated rings. The first-order valence-electron chi connectivity index (χ1n) is 10.8. The summed E-state index contributed by atoms with van der Waals surface area (Å²) in [5.74, 6) is 0.0943. The Kier molecular flexibility index (Phi) is 5.01. The van der Waals surface area contributed by atoms with E-state index >= 15 is 0 Å². The van der Waals surface area contributed by atoms with Crippen LogP contribution in [0.1, 0.15) is 16.7 Å². The lowest BCUT2D eigenvalue weighted by Crippen LogP contribution is -2.63. The van der Waals surface area contributed by atoms with Gasteiger partial charge in [0.05, 0.1) is 13.1 Å². The van der Waals surface area contributed by atoms with Crippen molar-refractivity contribution in [3.63, 3.8) is 0 Å². The molecule has 2 unspecified atom stereocenters. The van der Waals surface area contributed by atoms with E-state index in [1.165, 1.54) is 17.0 Å². The molecule has 8 nitrogen and oxygen atoms in total. The number of hydrogen-bond acceptors (Lipinski definition) is 5. The smallest absolute Gasteiger partial charge is 0.386 e. The van der Waals surface area contributed by atoms with Crippen LogP contribution in [0.25, 0.3) is 0 Å². The average molecular weight is 450 g/mol. The summed E-state index contributed by atoms with van der Waals surface area (Å²) < 4.78 is 15.1. The number of aliphatic hydroxyl groups is 1. The van der Waals surface area contributed by atoms with Gasteiger partial charge < -0.3 is 5.11 Å². The van der Waals surface area contributed by atoms with Gasteiger partial charge in [-0.1, -0.05) is 23.2 Å². The molecule has 170 valence electrons. The van der Waals surface area contributed by atoms with Crippen molar-refractivity contribution in [3.05, 3.63) is 65.0 Å². The van der Waals surface area contributed by atoms with Crippen molar-refractivity contribution in [2.45, 2.75) is 32.5 Å². The van der Waals surface area contributed by atoms with Gasteiger partial charge in [-0.2, -0.15) is 0 Å². The maximum atomic E-state index is 13.5. The third-order valence-electron chi connectivity index (χ3n) is 6.20. The number of guanidine groups is 1. The Balaban J connectivity index is 1.53. The highest BCUT2D eigenvalue weighted by Crippen LogP contribution is 2.28. The lowest BCUT2D eigenvalue weighted by molar-refractivity contribution is -0.547. The van der Waals surface area contributed by atoms with Gasteiger partial charge >= 0.3 is 12.0 Å². The average Bonchev–Trinajstić information content (AvgIpc) is 3.15. The molecule has 3 heterocycles. The van der Waals surface area contributed by atoms with E-state index in [1.807, 2.05) is 30.9 Å². The number of nitrogens with zero attached hydrogens (tertiary/aromatic N) is 5. The summed E-state index contributed by atoms with van der Waals surface area (Å²) >= 11 is 0. The number of hydrogen-bond donors (Lipinski definition) is 1. The maximum absolute atomic E-state index is 13.5. The van der Waals surface area contributed by atoms with Crippen LogP contribution in [0.3, 0.4) is 0 Å². The molecule has 0 saturated carbocycles. The molecule has 0 bridgehead atoms. The first kappa shape index (κ1) is 21.3. The summed E-state index contributed by atoms with van der Waals surface area (Å²) in [6.07, 6.45) is -0.703. The van der Waals surface area contributed by atoms with Crippen LogP contribution in [0.5, 0.6) is 0 Å². The minimum absolute atomic E-state index is 0.0264. The van der Waals surface area contributed by atoms with Crippen LogP contribution in [0, 0.1) is 19.7 Å². The molecule has 2 atom stereocenters. The molecule has 9 heteroatoms. The molecule has 1 saturated heterocycles. The first-order chi connectivity index (χ1) is 15.7. The standard InChI is InChI=1S/C24H25FN5O3/c1-14-8-15(2)10-18(9-14)28-12-19(31)13-29-20-21(26-23(28)29)27(3)24(33)30(22(20)32)11-16-4-6-17(25)7-5-16/h4-10,19-20,31H,11-13H2,1-3H3/q+1. The molecule has 0 radical (unpaired) electrons. The normalized spacial score (nSPS) is 22.6. The van der Waals surface area contributed by atoms with E-state index in [0.29, 0.717) is 23.9 Å². The second kappa shape index (κ2) is 7.77.